The Morgan fingerprint density at radius 2 is 1.97 bits per heavy atom. The summed E-state index contributed by atoms with van der Waals surface area (Å²) in [5, 5.41) is 22.3. The molecule has 0 saturated heterocycles. The zero-order chi connectivity index (χ0) is 21.3. The molecule has 0 bridgehead atoms. The molecule has 4 N–H and O–H groups in total. The number of benzene rings is 2. The molecule has 0 aliphatic heterocycles. The molecule has 0 aliphatic rings. The van der Waals surface area contributed by atoms with Crippen LogP contribution in [0.2, 0.25) is 0 Å². The number of amides is 1. The Morgan fingerprint density at radius 3 is 2.62 bits per heavy atom. The summed E-state index contributed by atoms with van der Waals surface area (Å²) in [7, 11) is 3.87. The van der Waals surface area contributed by atoms with E-state index in [2.05, 4.69) is 15.3 Å². The number of nitrogens with zero attached hydrogens (tertiary/aromatic N) is 2. The summed E-state index contributed by atoms with van der Waals surface area (Å²) < 4.78 is 0. The van der Waals surface area contributed by atoms with Gasteiger partial charge in [-0.05, 0) is 46.1 Å². The third-order valence-corrected chi connectivity index (χ3v) is 4.73. The van der Waals surface area contributed by atoms with Crippen molar-refractivity contribution in [2.45, 2.75) is 13.3 Å². The fourth-order valence-electron chi connectivity index (χ4n) is 3.13. The summed E-state index contributed by atoms with van der Waals surface area (Å²) in [6.45, 7) is 2.66. The lowest BCUT2D eigenvalue weighted by molar-refractivity contribution is 0.0953. The molecule has 0 aliphatic carbocycles. The maximum Gasteiger partial charge on any atom is 0.253 e. The number of aliphatic hydroxyl groups is 1. The molecule has 1 amide bonds. The number of phenols is 1. The highest BCUT2D eigenvalue weighted by atomic mass is 16.3. The molecule has 0 saturated carbocycles. The molecule has 0 spiro atoms. The molecule has 1 aromatic heterocycles. The van der Waals surface area contributed by atoms with E-state index < -0.39 is 22.5 Å². The molecule has 1 heterocycles. The van der Waals surface area contributed by atoms with Crippen LogP contribution in [-0.2, 0) is 0 Å². The van der Waals surface area contributed by atoms with Crippen LogP contribution in [0.3, 0.4) is 0 Å². The monoisotopic (exact) mass is 398 g/mol. The minimum absolute atomic E-state index is 0.0136. The summed E-state index contributed by atoms with van der Waals surface area (Å²) in [4.78, 5) is 46.6. The van der Waals surface area contributed by atoms with E-state index in [-0.39, 0.29) is 38.4 Å². The summed E-state index contributed by atoms with van der Waals surface area (Å²) in [6.07, 6.45) is 1.38. The minimum Gasteiger partial charge on any atom is -0.515 e. The number of hydrogen-bond acceptors (Lipinski definition) is 7. The summed E-state index contributed by atoms with van der Waals surface area (Å²) in [5.74, 6) is -0.810. The van der Waals surface area contributed by atoms with Crippen molar-refractivity contribution in [2.75, 3.05) is 27.2 Å². The van der Waals surface area contributed by atoms with Gasteiger partial charge in [-0.25, -0.2) is 4.98 Å². The third kappa shape index (κ3) is 3.64. The first-order valence-electron chi connectivity index (χ1n) is 9.05. The molecule has 0 fully saturated rings. The Kier molecular flexibility index (Phi) is 5.51. The largest absolute Gasteiger partial charge is 0.515 e. The highest BCUT2D eigenvalue weighted by molar-refractivity contribution is 6.06. The van der Waals surface area contributed by atoms with Crippen LogP contribution in [-0.4, -0.2) is 58.2 Å². The van der Waals surface area contributed by atoms with E-state index >= 15 is 0 Å². The van der Waals surface area contributed by atoms with Crippen molar-refractivity contribution in [3.05, 3.63) is 48.9 Å². The Morgan fingerprint density at radius 1 is 1.24 bits per heavy atom. The van der Waals surface area contributed by atoms with Crippen molar-refractivity contribution in [2.24, 2.45) is 0 Å². The van der Waals surface area contributed by atoms with Crippen molar-refractivity contribution in [3.63, 3.8) is 0 Å². The van der Waals surface area contributed by atoms with Crippen molar-refractivity contribution >= 4 is 34.2 Å². The number of carbonyl (C=O) groups excluding carboxylic acids is 1. The SMILES string of the molecule is Cc1c(O)/c(=C\O)c2nc3c(=O)ccc(C(=O)NCCCN(C)C)c3[nH]c2c1=O. The van der Waals surface area contributed by atoms with Gasteiger partial charge in [0.15, 0.2) is 0 Å². The Bertz CT molecular complexity index is 1280. The normalized spacial score (nSPS) is 12.2. The lowest BCUT2D eigenvalue weighted by Gasteiger charge is -2.11. The van der Waals surface area contributed by atoms with Gasteiger partial charge >= 0.3 is 0 Å². The van der Waals surface area contributed by atoms with E-state index in [0.717, 1.165) is 13.0 Å². The van der Waals surface area contributed by atoms with Gasteiger partial charge in [0.25, 0.3) is 5.91 Å². The van der Waals surface area contributed by atoms with Gasteiger partial charge in [0.2, 0.25) is 10.9 Å². The number of aliphatic hydroxyl groups excluding tert-OH is 1. The standard InChI is InChI=1S/C20H22N4O5/c1-10-18(27)12(9-25)15-17(19(10)28)23-14-11(5-6-13(26)16(14)22-15)20(29)21-7-4-8-24(2)3/h5-6,9,23,25,27H,4,7-8H2,1-3H3,(H,21,29)/b12-9-. The average Bonchev–Trinajstić information content (AvgIpc) is 2.69. The smallest absolute Gasteiger partial charge is 0.253 e. The van der Waals surface area contributed by atoms with Crippen molar-refractivity contribution in [1.82, 2.24) is 20.2 Å². The fraction of sp³-hybridized carbons (Fsp3) is 0.300. The Labute approximate surface area is 165 Å². The lowest BCUT2D eigenvalue weighted by atomic mass is 10.1. The van der Waals surface area contributed by atoms with Crippen LogP contribution in [0.25, 0.3) is 28.3 Å². The first kappa shape index (κ1) is 20.3. The number of aromatic amines is 1. The zero-order valence-electron chi connectivity index (χ0n) is 16.4. The number of carbonyl (C=O) groups is 1. The van der Waals surface area contributed by atoms with Crippen LogP contribution in [0, 0.1) is 6.92 Å². The van der Waals surface area contributed by atoms with E-state index in [1.165, 1.54) is 19.1 Å². The van der Waals surface area contributed by atoms with Crippen LogP contribution in [0.1, 0.15) is 22.3 Å². The second-order valence-corrected chi connectivity index (χ2v) is 7.05. The quantitative estimate of drug-likeness (QED) is 0.355. The molecule has 9 heteroatoms. The second-order valence-electron chi connectivity index (χ2n) is 7.05. The van der Waals surface area contributed by atoms with Crippen molar-refractivity contribution in [3.8, 4) is 5.75 Å². The maximum absolute atomic E-state index is 12.6. The number of aromatic nitrogens is 2. The first-order chi connectivity index (χ1) is 13.8. The molecule has 29 heavy (non-hydrogen) atoms. The van der Waals surface area contributed by atoms with Crippen LogP contribution in [0.15, 0.2) is 21.7 Å². The first-order valence-corrected chi connectivity index (χ1v) is 9.05. The molecule has 9 nitrogen and oxygen atoms in total. The zero-order valence-corrected chi connectivity index (χ0v) is 16.4. The number of nitrogens with one attached hydrogen (secondary N) is 2. The van der Waals surface area contributed by atoms with E-state index in [0.29, 0.717) is 12.8 Å². The molecule has 2 aromatic carbocycles. The topological polar surface area (TPSA) is 136 Å². The highest BCUT2D eigenvalue weighted by Crippen LogP contribution is 2.17. The number of rotatable bonds is 5. The van der Waals surface area contributed by atoms with E-state index in [9.17, 15) is 24.6 Å². The number of fused-ring (bicyclic) bond motifs is 2. The molecule has 3 aromatic rings. The molecule has 152 valence electrons. The van der Waals surface area contributed by atoms with Crippen LogP contribution in [0.5, 0.6) is 5.75 Å². The predicted octanol–water partition coefficient (Wildman–Crippen LogP) is 0.147. The molecule has 0 radical (unpaired) electrons. The maximum atomic E-state index is 12.6. The van der Waals surface area contributed by atoms with Gasteiger partial charge in [0.05, 0.1) is 22.6 Å². The van der Waals surface area contributed by atoms with E-state index in [1.54, 1.807) is 0 Å². The molecule has 0 unspecified atom stereocenters. The number of hydrogen-bond donors (Lipinski definition) is 4. The highest BCUT2D eigenvalue weighted by Gasteiger charge is 2.18. The fourth-order valence-corrected chi connectivity index (χ4v) is 3.13. The molecule has 0 atom stereocenters. The van der Waals surface area contributed by atoms with E-state index in [1.807, 2.05) is 19.0 Å². The number of aromatic hydroxyl groups is 1. The molecular weight excluding hydrogens is 376 g/mol. The Balaban J connectivity index is 2.20. The van der Waals surface area contributed by atoms with Gasteiger partial charge in [0, 0.05) is 12.1 Å². The number of H-pyrrole nitrogens is 1. The summed E-state index contributed by atoms with van der Waals surface area (Å²) in [5.41, 5.74) is -0.800. The Hall–Kier alpha value is -3.46. The summed E-state index contributed by atoms with van der Waals surface area (Å²) >= 11 is 0. The van der Waals surface area contributed by atoms with Gasteiger partial charge in [0.1, 0.15) is 22.3 Å². The molecule has 3 rings (SSSR count). The van der Waals surface area contributed by atoms with Gasteiger partial charge < -0.3 is 25.4 Å². The molecular formula is C20H22N4O5. The lowest BCUT2D eigenvalue weighted by Crippen LogP contribution is -2.28. The van der Waals surface area contributed by atoms with Gasteiger partial charge in [-0.1, -0.05) is 0 Å². The predicted molar refractivity (Wildman–Crippen MR) is 110 cm³/mol. The summed E-state index contributed by atoms with van der Waals surface area (Å²) in [6, 6.07) is 2.60. The minimum atomic E-state index is -0.536. The van der Waals surface area contributed by atoms with Crippen molar-refractivity contribution < 1.29 is 15.0 Å². The number of phenolic OH excluding ortho intramolecular Hbond substituents is 1. The second kappa shape index (κ2) is 7.88. The van der Waals surface area contributed by atoms with Gasteiger partial charge in [-0.3, -0.25) is 14.4 Å². The van der Waals surface area contributed by atoms with E-state index in [4.69, 9.17) is 0 Å². The van der Waals surface area contributed by atoms with Gasteiger partial charge in [-0.2, -0.15) is 0 Å². The van der Waals surface area contributed by atoms with Crippen molar-refractivity contribution in [1.29, 1.82) is 0 Å². The average molecular weight is 398 g/mol. The van der Waals surface area contributed by atoms with Crippen LogP contribution >= 0.6 is 0 Å². The van der Waals surface area contributed by atoms with Crippen LogP contribution < -0.4 is 21.4 Å². The van der Waals surface area contributed by atoms with Crippen LogP contribution in [0.4, 0.5) is 0 Å². The van der Waals surface area contributed by atoms with Gasteiger partial charge in [-0.15, -0.1) is 0 Å². The third-order valence-electron chi connectivity index (χ3n) is 4.73.